The molecule has 0 radical (unpaired) electrons. The van der Waals surface area contributed by atoms with E-state index in [0.717, 1.165) is 11.3 Å². The molecule has 0 saturated carbocycles. The Morgan fingerprint density at radius 1 is 1.36 bits per heavy atom. The van der Waals surface area contributed by atoms with Crippen LogP contribution in [0.15, 0.2) is 24.3 Å². The number of para-hydroxylation sites is 1. The van der Waals surface area contributed by atoms with Crippen LogP contribution in [0.2, 0.25) is 0 Å². The fourth-order valence-electron chi connectivity index (χ4n) is 1.03. The highest BCUT2D eigenvalue weighted by Gasteiger charge is 2.08. The molecule has 11 heavy (non-hydrogen) atoms. The summed E-state index contributed by atoms with van der Waals surface area (Å²) in [5.41, 5.74) is 0.949. The van der Waals surface area contributed by atoms with Crippen molar-refractivity contribution in [2.75, 3.05) is 13.2 Å². The largest absolute Gasteiger partial charge is 0.484 e. The molecular weight excluding hydrogens is 138 g/mol. The van der Waals surface area contributed by atoms with Gasteiger partial charge in [0.15, 0.2) is 6.61 Å². The average Bonchev–Trinajstić information content (AvgIpc) is 2.28. The molecule has 0 aliphatic carbocycles. The number of benzene rings is 1. The zero-order chi connectivity index (χ0) is 7.52. The molecule has 1 aromatic rings. The summed E-state index contributed by atoms with van der Waals surface area (Å²) < 4.78 is 5.39. The van der Waals surface area contributed by atoms with Gasteiger partial charge >= 0.3 is 6.07 Å². The molecule has 1 aromatic carbocycles. The van der Waals surface area contributed by atoms with Gasteiger partial charge in [0.1, 0.15) is 11.3 Å². The van der Waals surface area contributed by atoms with Crippen molar-refractivity contribution >= 4 is 0 Å². The zero-order valence-electron chi connectivity index (χ0n) is 6.08. The van der Waals surface area contributed by atoms with E-state index in [1.807, 2.05) is 24.3 Å². The average molecular weight is 146 g/mol. The molecule has 0 N–H and O–H groups in total. The van der Waals surface area contributed by atoms with Crippen molar-refractivity contribution < 1.29 is 4.74 Å². The van der Waals surface area contributed by atoms with Crippen LogP contribution in [0.4, 0.5) is 0 Å². The SMILES string of the molecule is C1#[N+]CCOc2ccccc21. The molecule has 1 heterocycles. The minimum Gasteiger partial charge on any atom is -0.484 e. The number of nitrogens with zero attached hydrogens (tertiary/aromatic N) is 1. The van der Waals surface area contributed by atoms with Gasteiger partial charge in [-0.3, -0.25) is 0 Å². The maximum Gasteiger partial charge on any atom is 0.315 e. The highest BCUT2D eigenvalue weighted by Crippen LogP contribution is 2.17. The quantitative estimate of drug-likeness (QED) is 0.543. The Kier molecular flexibility index (Phi) is 1.49. The Hall–Kier alpha value is -1.49. The lowest BCUT2D eigenvalue weighted by Crippen LogP contribution is -1.98. The first-order valence-corrected chi connectivity index (χ1v) is 3.61. The van der Waals surface area contributed by atoms with Crippen molar-refractivity contribution in [1.82, 2.24) is 0 Å². The molecule has 2 rings (SSSR count). The van der Waals surface area contributed by atoms with Gasteiger partial charge in [0.25, 0.3) is 6.54 Å². The van der Waals surface area contributed by atoms with Crippen LogP contribution in [-0.4, -0.2) is 13.2 Å². The number of hydrogen-bond acceptors (Lipinski definition) is 1. The Bertz CT molecular complexity index is 322. The molecule has 2 nitrogen and oxygen atoms in total. The van der Waals surface area contributed by atoms with Crippen LogP contribution in [0, 0.1) is 6.07 Å². The summed E-state index contributed by atoms with van der Waals surface area (Å²) in [5, 5.41) is 0. The summed E-state index contributed by atoms with van der Waals surface area (Å²) in [5.74, 6) is 0.883. The molecule has 0 saturated heterocycles. The highest BCUT2D eigenvalue weighted by molar-refractivity contribution is 5.44. The van der Waals surface area contributed by atoms with E-state index < -0.39 is 0 Å². The predicted molar refractivity (Wildman–Crippen MR) is 43.2 cm³/mol. The van der Waals surface area contributed by atoms with Gasteiger partial charge in [0, 0.05) is 0 Å². The highest BCUT2D eigenvalue weighted by atomic mass is 16.5. The van der Waals surface area contributed by atoms with Crippen molar-refractivity contribution in [3.63, 3.8) is 0 Å². The third-order valence-corrected chi connectivity index (χ3v) is 1.55. The minimum atomic E-state index is 0.657. The zero-order valence-corrected chi connectivity index (χ0v) is 6.08. The summed E-state index contributed by atoms with van der Waals surface area (Å²) in [6, 6.07) is 10.7. The summed E-state index contributed by atoms with van der Waals surface area (Å²) in [7, 11) is 0. The molecular formula is C9H8NO+. The number of ether oxygens (including phenoxy) is 1. The maximum absolute atomic E-state index is 5.39. The minimum absolute atomic E-state index is 0.657. The number of hydrogen-bond donors (Lipinski definition) is 0. The van der Waals surface area contributed by atoms with Gasteiger partial charge in [-0.2, -0.15) is 0 Å². The van der Waals surface area contributed by atoms with Crippen LogP contribution >= 0.6 is 0 Å². The lowest BCUT2D eigenvalue weighted by atomic mass is 10.2. The van der Waals surface area contributed by atoms with E-state index >= 15 is 0 Å². The maximum atomic E-state index is 5.39. The van der Waals surface area contributed by atoms with E-state index in [2.05, 4.69) is 10.9 Å². The van der Waals surface area contributed by atoms with Crippen molar-refractivity contribution in [1.29, 1.82) is 0 Å². The van der Waals surface area contributed by atoms with Crippen LogP contribution < -0.4 is 4.74 Å². The van der Waals surface area contributed by atoms with E-state index in [9.17, 15) is 0 Å². The molecule has 0 fully saturated rings. The Morgan fingerprint density at radius 3 is 3.27 bits per heavy atom. The molecule has 0 atom stereocenters. The second-order valence-corrected chi connectivity index (χ2v) is 2.34. The standard InChI is InChI=1S/C9H8NO/c1-2-4-9-8(3-1)7-10-5-6-11-9/h1-4H,5-6H2/q+1. The first-order valence-electron chi connectivity index (χ1n) is 3.61. The molecule has 0 amide bonds. The van der Waals surface area contributed by atoms with E-state index in [1.165, 1.54) is 0 Å². The van der Waals surface area contributed by atoms with Crippen LogP contribution in [0.3, 0.4) is 0 Å². The Morgan fingerprint density at radius 2 is 2.27 bits per heavy atom. The first kappa shape index (κ1) is 6.23. The van der Waals surface area contributed by atoms with E-state index in [4.69, 9.17) is 4.74 Å². The van der Waals surface area contributed by atoms with Gasteiger partial charge in [-0.1, -0.05) is 17.0 Å². The normalized spacial score (nSPS) is 13.5. The Balaban J connectivity index is 2.49. The van der Waals surface area contributed by atoms with Crippen molar-refractivity contribution in [2.45, 2.75) is 0 Å². The topological polar surface area (TPSA) is 13.6 Å². The summed E-state index contributed by atoms with van der Waals surface area (Å²) in [6.07, 6.45) is 0. The van der Waals surface area contributed by atoms with Crippen molar-refractivity contribution in [3.8, 4) is 11.8 Å². The van der Waals surface area contributed by atoms with E-state index in [0.29, 0.717) is 13.2 Å². The van der Waals surface area contributed by atoms with Gasteiger partial charge in [0.05, 0.1) is 0 Å². The van der Waals surface area contributed by atoms with E-state index in [1.54, 1.807) is 0 Å². The molecule has 1 aliphatic rings. The van der Waals surface area contributed by atoms with Crippen LogP contribution in [0.5, 0.6) is 5.75 Å². The molecule has 1 aliphatic heterocycles. The number of rotatable bonds is 0. The number of fused-ring (bicyclic) bond motifs is 1. The van der Waals surface area contributed by atoms with Gasteiger partial charge in [-0.05, 0) is 12.1 Å². The van der Waals surface area contributed by atoms with Crippen molar-refractivity contribution in [3.05, 3.63) is 34.7 Å². The van der Waals surface area contributed by atoms with Crippen LogP contribution in [0.25, 0.3) is 4.85 Å². The van der Waals surface area contributed by atoms with Crippen LogP contribution in [-0.2, 0) is 0 Å². The smallest absolute Gasteiger partial charge is 0.315 e. The second kappa shape index (κ2) is 2.63. The van der Waals surface area contributed by atoms with E-state index in [-0.39, 0.29) is 0 Å². The second-order valence-electron chi connectivity index (χ2n) is 2.34. The molecule has 54 valence electrons. The van der Waals surface area contributed by atoms with Gasteiger partial charge in [-0.15, -0.1) is 0 Å². The molecule has 0 spiro atoms. The van der Waals surface area contributed by atoms with Crippen LogP contribution in [0.1, 0.15) is 5.56 Å². The first-order chi connectivity index (χ1) is 5.47. The molecule has 0 aromatic heterocycles. The third-order valence-electron chi connectivity index (χ3n) is 1.55. The van der Waals surface area contributed by atoms with Gasteiger partial charge in [-0.25, -0.2) is 0 Å². The summed E-state index contributed by atoms with van der Waals surface area (Å²) in [6.45, 7) is 1.36. The third kappa shape index (κ3) is 1.18. The molecule has 2 heteroatoms. The lowest BCUT2D eigenvalue weighted by Gasteiger charge is -1.99. The fourth-order valence-corrected chi connectivity index (χ4v) is 1.03. The monoisotopic (exact) mass is 146 g/mol. The van der Waals surface area contributed by atoms with Gasteiger partial charge in [0.2, 0.25) is 0 Å². The molecule has 0 unspecified atom stereocenters. The summed E-state index contributed by atoms with van der Waals surface area (Å²) in [4.78, 5) is 4.04. The molecule has 0 bridgehead atoms. The fraction of sp³-hybridized carbons (Fsp3) is 0.222. The van der Waals surface area contributed by atoms with Gasteiger partial charge < -0.3 is 4.74 Å². The van der Waals surface area contributed by atoms with Crippen molar-refractivity contribution in [2.24, 2.45) is 0 Å². The summed E-state index contributed by atoms with van der Waals surface area (Å²) >= 11 is 0. The predicted octanol–water partition coefficient (Wildman–Crippen LogP) is 1.76. The Labute approximate surface area is 65.2 Å². The lowest BCUT2D eigenvalue weighted by molar-refractivity contribution is 0.337.